The number of methoxy groups -OCH3 is 1. The number of hydrogen-bond acceptors (Lipinski definition) is 3. The number of para-hydroxylation sites is 1. The molecule has 0 saturated carbocycles. The second kappa shape index (κ2) is 7.45. The Kier molecular flexibility index (Phi) is 5.35. The van der Waals surface area contributed by atoms with Crippen molar-refractivity contribution in [2.24, 2.45) is 0 Å². The third kappa shape index (κ3) is 4.07. The first-order valence-corrected chi connectivity index (χ1v) is 6.85. The van der Waals surface area contributed by atoms with Gasteiger partial charge in [0.1, 0.15) is 5.75 Å². The molecule has 2 rings (SSSR count). The molecule has 0 heterocycles. The fourth-order valence-corrected chi connectivity index (χ4v) is 2.01. The molecule has 0 saturated heterocycles. The third-order valence-corrected chi connectivity index (χ3v) is 2.95. The van der Waals surface area contributed by atoms with Crippen molar-refractivity contribution in [1.29, 1.82) is 0 Å². The predicted molar refractivity (Wildman–Crippen MR) is 82.7 cm³/mol. The molecule has 0 aliphatic rings. The van der Waals surface area contributed by atoms with E-state index in [9.17, 15) is 4.79 Å². The SMILES string of the molecule is CCOc1ccc(C(=O)Nc2ccccc2)cc1COC. The molecule has 0 aliphatic heterocycles. The van der Waals surface area contributed by atoms with Gasteiger partial charge in [-0.2, -0.15) is 0 Å². The van der Waals surface area contributed by atoms with Gasteiger partial charge in [-0.05, 0) is 37.3 Å². The van der Waals surface area contributed by atoms with Gasteiger partial charge in [0, 0.05) is 23.9 Å². The number of hydrogen-bond donors (Lipinski definition) is 1. The maximum Gasteiger partial charge on any atom is 0.255 e. The summed E-state index contributed by atoms with van der Waals surface area (Å²) in [6, 6.07) is 14.7. The maximum absolute atomic E-state index is 12.2. The summed E-state index contributed by atoms with van der Waals surface area (Å²) in [5.41, 5.74) is 2.21. The van der Waals surface area contributed by atoms with Gasteiger partial charge in [-0.3, -0.25) is 4.79 Å². The molecule has 0 aromatic heterocycles. The van der Waals surface area contributed by atoms with Crippen molar-refractivity contribution in [3.8, 4) is 5.75 Å². The molecule has 4 heteroatoms. The molecule has 1 amide bonds. The van der Waals surface area contributed by atoms with Gasteiger partial charge in [0.25, 0.3) is 5.91 Å². The minimum absolute atomic E-state index is 0.151. The van der Waals surface area contributed by atoms with Crippen LogP contribution in [0.4, 0.5) is 5.69 Å². The van der Waals surface area contributed by atoms with E-state index in [0.717, 1.165) is 17.0 Å². The van der Waals surface area contributed by atoms with Crippen molar-refractivity contribution in [2.75, 3.05) is 19.0 Å². The topological polar surface area (TPSA) is 47.6 Å². The first-order chi connectivity index (χ1) is 10.2. The van der Waals surface area contributed by atoms with Crippen molar-refractivity contribution in [3.05, 3.63) is 59.7 Å². The van der Waals surface area contributed by atoms with Gasteiger partial charge in [0.05, 0.1) is 13.2 Å². The summed E-state index contributed by atoms with van der Waals surface area (Å²) in [6.45, 7) is 2.90. The summed E-state index contributed by atoms with van der Waals surface area (Å²) in [6.07, 6.45) is 0. The van der Waals surface area contributed by atoms with E-state index in [1.165, 1.54) is 0 Å². The van der Waals surface area contributed by atoms with Crippen LogP contribution >= 0.6 is 0 Å². The summed E-state index contributed by atoms with van der Waals surface area (Å²) in [7, 11) is 1.62. The average Bonchev–Trinajstić information content (AvgIpc) is 2.50. The summed E-state index contributed by atoms with van der Waals surface area (Å²) in [4.78, 5) is 12.2. The summed E-state index contributed by atoms with van der Waals surface area (Å²) in [5.74, 6) is 0.595. The fraction of sp³-hybridized carbons (Fsp3) is 0.235. The lowest BCUT2D eigenvalue weighted by Gasteiger charge is -2.12. The number of benzene rings is 2. The Balaban J connectivity index is 2.19. The largest absolute Gasteiger partial charge is 0.494 e. The van der Waals surface area contributed by atoms with E-state index in [4.69, 9.17) is 9.47 Å². The van der Waals surface area contributed by atoms with E-state index in [2.05, 4.69) is 5.32 Å². The zero-order chi connectivity index (χ0) is 15.1. The van der Waals surface area contributed by atoms with Crippen LogP contribution in [-0.4, -0.2) is 19.6 Å². The number of nitrogens with one attached hydrogen (secondary N) is 1. The van der Waals surface area contributed by atoms with E-state index in [0.29, 0.717) is 18.8 Å². The fourth-order valence-electron chi connectivity index (χ4n) is 2.01. The molecule has 0 radical (unpaired) electrons. The molecule has 2 aromatic carbocycles. The van der Waals surface area contributed by atoms with Crippen molar-refractivity contribution >= 4 is 11.6 Å². The van der Waals surface area contributed by atoms with E-state index < -0.39 is 0 Å². The summed E-state index contributed by atoms with van der Waals surface area (Å²) < 4.78 is 10.7. The quantitative estimate of drug-likeness (QED) is 0.884. The van der Waals surface area contributed by atoms with Crippen LogP contribution in [0.3, 0.4) is 0 Å². The normalized spacial score (nSPS) is 10.2. The van der Waals surface area contributed by atoms with Crippen LogP contribution in [0.25, 0.3) is 0 Å². The van der Waals surface area contributed by atoms with E-state index in [1.807, 2.05) is 37.3 Å². The Morgan fingerprint density at radius 3 is 2.57 bits per heavy atom. The third-order valence-electron chi connectivity index (χ3n) is 2.95. The second-order valence-electron chi connectivity index (χ2n) is 4.51. The van der Waals surface area contributed by atoms with Gasteiger partial charge in [0.15, 0.2) is 0 Å². The van der Waals surface area contributed by atoms with Gasteiger partial charge in [-0.1, -0.05) is 18.2 Å². The van der Waals surface area contributed by atoms with Crippen LogP contribution < -0.4 is 10.1 Å². The van der Waals surface area contributed by atoms with Gasteiger partial charge in [-0.25, -0.2) is 0 Å². The van der Waals surface area contributed by atoms with E-state index in [-0.39, 0.29) is 5.91 Å². The highest BCUT2D eigenvalue weighted by Gasteiger charge is 2.10. The first-order valence-electron chi connectivity index (χ1n) is 6.85. The van der Waals surface area contributed by atoms with Crippen LogP contribution in [-0.2, 0) is 11.3 Å². The molecule has 0 spiro atoms. The lowest BCUT2D eigenvalue weighted by Crippen LogP contribution is -2.12. The van der Waals surface area contributed by atoms with Crippen molar-refractivity contribution in [2.45, 2.75) is 13.5 Å². The van der Waals surface area contributed by atoms with Crippen LogP contribution in [0, 0.1) is 0 Å². The monoisotopic (exact) mass is 285 g/mol. The molecule has 21 heavy (non-hydrogen) atoms. The molecule has 110 valence electrons. The van der Waals surface area contributed by atoms with Gasteiger partial charge in [-0.15, -0.1) is 0 Å². The molecular formula is C17H19NO3. The molecule has 4 nitrogen and oxygen atoms in total. The summed E-state index contributed by atoms with van der Waals surface area (Å²) >= 11 is 0. The lowest BCUT2D eigenvalue weighted by molar-refractivity contribution is 0.102. The number of anilines is 1. The Labute approximate surface area is 124 Å². The predicted octanol–water partition coefficient (Wildman–Crippen LogP) is 3.48. The average molecular weight is 285 g/mol. The van der Waals surface area contributed by atoms with Crippen LogP contribution in [0.1, 0.15) is 22.8 Å². The highest BCUT2D eigenvalue weighted by Crippen LogP contribution is 2.22. The second-order valence-corrected chi connectivity index (χ2v) is 4.51. The first kappa shape index (κ1) is 15.1. The van der Waals surface area contributed by atoms with Crippen molar-refractivity contribution < 1.29 is 14.3 Å². The Morgan fingerprint density at radius 2 is 1.90 bits per heavy atom. The van der Waals surface area contributed by atoms with Gasteiger partial charge < -0.3 is 14.8 Å². The van der Waals surface area contributed by atoms with E-state index in [1.54, 1.807) is 25.3 Å². The highest BCUT2D eigenvalue weighted by molar-refractivity contribution is 6.04. The maximum atomic E-state index is 12.2. The number of carbonyl (C=O) groups excluding carboxylic acids is 1. The molecule has 0 atom stereocenters. The van der Waals surface area contributed by atoms with Gasteiger partial charge in [0.2, 0.25) is 0 Å². The lowest BCUT2D eigenvalue weighted by atomic mass is 10.1. The Bertz CT molecular complexity index is 596. The van der Waals surface area contributed by atoms with E-state index >= 15 is 0 Å². The molecule has 0 fully saturated rings. The molecule has 1 N–H and O–H groups in total. The zero-order valence-corrected chi connectivity index (χ0v) is 12.3. The molecular weight excluding hydrogens is 266 g/mol. The Hall–Kier alpha value is -2.33. The summed E-state index contributed by atoms with van der Waals surface area (Å²) in [5, 5.41) is 2.86. The van der Waals surface area contributed by atoms with Crippen molar-refractivity contribution in [1.82, 2.24) is 0 Å². The highest BCUT2D eigenvalue weighted by atomic mass is 16.5. The Morgan fingerprint density at radius 1 is 1.14 bits per heavy atom. The minimum atomic E-state index is -0.151. The smallest absolute Gasteiger partial charge is 0.255 e. The number of ether oxygens (including phenoxy) is 2. The van der Waals surface area contributed by atoms with Crippen LogP contribution in [0.15, 0.2) is 48.5 Å². The van der Waals surface area contributed by atoms with Crippen LogP contribution in [0.5, 0.6) is 5.75 Å². The molecule has 0 bridgehead atoms. The molecule has 0 aliphatic carbocycles. The standard InChI is InChI=1S/C17H19NO3/c1-3-21-16-10-9-13(11-14(16)12-20-2)17(19)18-15-7-5-4-6-8-15/h4-11H,3,12H2,1-2H3,(H,18,19). The number of amides is 1. The molecule has 0 unspecified atom stereocenters. The van der Waals surface area contributed by atoms with Crippen molar-refractivity contribution in [3.63, 3.8) is 0 Å². The van der Waals surface area contributed by atoms with Gasteiger partial charge >= 0.3 is 0 Å². The zero-order valence-electron chi connectivity index (χ0n) is 12.3. The number of carbonyl (C=O) groups is 1. The number of rotatable bonds is 6. The molecule has 2 aromatic rings. The van der Waals surface area contributed by atoms with Crippen LogP contribution in [0.2, 0.25) is 0 Å². The minimum Gasteiger partial charge on any atom is -0.494 e.